The number of rotatable bonds is 3. The van der Waals surface area contributed by atoms with Crippen LogP contribution in [0.5, 0.6) is 5.75 Å². The molecule has 0 saturated heterocycles. The fraction of sp³-hybridized carbons (Fsp3) is 0.222. The van der Waals surface area contributed by atoms with Gasteiger partial charge in [0, 0.05) is 16.4 Å². The molecule has 0 radical (unpaired) electrons. The van der Waals surface area contributed by atoms with Gasteiger partial charge in [-0.3, -0.25) is 9.20 Å². The van der Waals surface area contributed by atoms with Crippen molar-refractivity contribution >= 4 is 33.2 Å². The number of aromatic hydroxyl groups is 1. The smallest absolute Gasteiger partial charge is 0.274 e. The molecule has 3 aromatic rings. The molecule has 2 aromatic heterocycles. The van der Waals surface area contributed by atoms with E-state index in [0.29, 0.717) is 17.8 Å². The molecule has 2 N–H and O–H groups in total. The number of carbonyl (C=O) groups excluding carboxylic acids is 1. The fourth-order valence-electron chi connectivity index (χ4n) is 2.77. The van der Waals surface area contributed by atoms with Gasteiger partial charge in [0.15, 0.2) is 0 Å². The van der Waals surface area contributed by atoms with Gasteiger partial charge in [-0.05, 0) is 71.6 Å². The van der Waals surface area contributed by atoms with Gasteiger partial charge in [-0.1, -0.05) is 6.92 Å². The van der Waals surface area contributed by atoms with Gasteiger partial charge in [-0.15, -0.1) is 0 Å². The number of amides is 1. The minimum atomic E-state index is -0.217. The van der Waals surface area contributed by atoms with E-state index in [1.165, 1.54) is 0 Å². The average molecular weight is 388 g/mol. The van der Waals surface area contributed by atoms with Crippen LogP contribution in [0.15, 0.2) is 34.9 Å². The lowest BCUT2D eigenvalue weighted by atomic mass is 10.1. The Labute approximate surface area is 148 Å². The van der Waals surface area contributed by atoms with Crippen LogP contribution in [0.3, 0.4) is 0 Å². The molecule has 0 unspecified atom stereocenters. The molecule has 0 saturated carbocycles. The van der Waals surface area contributed by atoms with Crippen LogP contribution in [-0.2, 0) is 6.42 Å². The van der Waals surface area contributed by atoms with E-state index in [9.17, 15) is 9.90 Å². The molecular formula is C18H18BrN3O2. The first-order chi connectivity index (χ1) is 11.4. The summed E-state index contributed by atoms with van der Waals surface area (Å²) in [6, 6.07) is 6.84. The molecule has 0 fully saturated rings. The minimum Gasteiger partial charge on any atom is -0.508 e. The number of phenolic OH excluding ortho intramolecular Hbond substituents is 1. The van der Waals surface area contributed by atoms with Gasteiger partial charge in [0.25, 0.3) is 5.91 Å². The zero-order valence-corrected chi connectivity index (χ0v) is 15.3. The average Bonchev–Trinajstić information content (AvgIpc) is 2.88. The van der Waals surface area contributed by atoms with Gasteiger partial charge >= 0.3 is 0 Å². The van der Waals surface area contributed by atoms with Gasteiger partial charge in [0.05, 0.1) is 5.69 Å². The predicted octanol–water partition coefficient (Wildman–Crippen LogP) is 4.23. The number of carbonyl (C=O) groups is 1. The number of aromatic nitrogens is 2. The van der Waals surface area contributed by atoms with E-state index in [1.807, 2.05) is 37.4 Å². The number of nitrogens with one attached hydrogen (secondary N) is 1. The fourth-order valence-corrected chi connectivity index (χ4v) is 3.32. The highest BCUT2D eigenvalue weighted by Gasteiger charge is 2.20. The Morgan fingerprint density at radius 3 is 2.71 bits per heavy atom. The first-order valence-electron chi connectivity index (χ1n) is 7.68. The van der Waals surface area contributed by atoms with Crippen molar-refractivity contribution in [2.24, 2.45) is 0 Å². The third kappa shape index (κ3) is 2.89. The summed E-state index contributed by atoms with van der Waals surface area (Å²) < 4.78 is 2.71. The molecule has 0 aliphatic rings. The molecule has 0 spiro atoms. The lowest BCUT2D eigenvalue weighted by Crippen LogP contribution is -2.17. The predicted molar refractivity (Wildman–Crippen MR) is 97.8 cm³/mol. The first kappa shape index (κ1) is 16.5. The highest BCUT2D eigenvalue weighted by Crippen LogP contribution is 2.24. The summed E-state index contributed by atoms with van der Waals surface area (Å²) >= 11 is 3.48. The highest BCUT2D eigenvalue weighted by molar-refractivity contribution is 9.10. The Hall–Kier alpha value is -2.34. The Morgan fingerprint density at radius 2 is 2.04 bits per heavy atom. The Morgan fingerprint density at radius 1 is 1.29 bits per heavy atom. The summed E-state index contributed by atoms with van der Waals surface area (Å²) in [5.41, 5.74) is 4.53. The van der Waals surface area contributed by atoms with Crippen LogP contribution in [0.4, 0.5) is 5.69 Å². The van der Waals surface area contributed by atoms with Gasteiger partial charge < -0.3 is 10.4 Å². The summed E-state index contributed by atoms with van der Waals surface area (Å²) in [6.45, 7) is 5.79. The maximum atomic E-state index is 12.9. The molecule has 1 amide bonds. The van der Waals surface area contributed by atoms with E-state index in [2.05, 4.69) is 26.2 Å². The summed E-state index contributed by atoms with van der Waals surface area (Å²) in [7, 11) is 0. The number of halogens is 1. The van der Waals surface area contributed by atoms with Crippen molar-refractivity contribution in [3.8, 4) is 5.75 Å². The molecule has 0 atom stereocenters. The van der Waals surface area contributed by atoms with Crippen molar-refractivity contribution < 1.29 is 9.90 Å². The third-order valence-corrected chi connectivity index (χ3v) is 4.38. The number of anilines is 1. The molecule has 0 aliphatic carbocycles. The maximum absolute atomic E-state index is 12.9. The summed E-state index contributed by atoms with van der Waals surface area (Å²) in [5, 5.41) is 12.4. The third-order valence-electron chi connectivity index (χ3n) is 3.95. The molecule has 6 heteroatoms. The number of pyridine rings is 1. The number of fused-ring (bicyclic) bond motifs is 1. The van der Waals surface area contributed by atoms with E-state index in [4.69, 9.17) is 0 Å². The molecule has 3 rings (SSSR count). The monoisotopic (exact) mass is 387 g/mol. The molecule has 5 nitrogen and oxygen atoms in total. The zero-order valence-electron chi connectivity index (χ0n) is 13.7. The van der Waals surface area contributed by atoms with Crippen LogP contribution in [-0.4, -0.2) is 20.4 Å². The van der Waals surface area contributed by atoms with E-state index < -0.39 is 0 Å². The Bertz CT molecular complexity index is 947. The number of benzene rings is 1. The second-order valence-electron chi connectivity index (χ2n) is 5.75. The summed E-state index contributed by atoms with van der Waals surface area (Å²) in [5.74, 6) is -0.0419. The van der Waals surface area contributed by atoms with Crippen LogP contribution in [0.1, 0.15) is 34.2 Å². The largest absolute Gasteiger partial charge is 0.508 e. The minimum absolute atomic E-state index is 0.175. The van der Waals surface area contributed by atoms with Crippen molar-refractivity contribution in [2.45, 2.75) is 27.2 Å². The van der Waals surface area contributed by atoms with E-state index in [-0.39, 0.29) is 11.7 Å². The second-order valence-corrected chi connectivity index (χ2v) is 6.66. The van der Waals surface area contributed by atoms with Crippen molar-refractivity contribution in [3.05, 3.63) is 57.4 Å². The van der Waals surface area contributed by atoms with Gasteiger partial charge in [-0.25, -0.2) is 4.98 Å². The summed E-state index contributed by atoms with van der Waals surface area (Å²) in [6.07, 6.45) is 2.52. The molecule has 0 bridgehead atoms. The van der Waals surface area contributed by atoms with E-state index in [1.54, 1.807) is 18.2 Å². The standard InChI is InChI=1S/C18H18BrN3O2/c1-4-14-16(22-9-12(19)7-11(3)17(22)20-14)18(24)21-15-6-5-13(23)8-10(15)2/h5-9,23H,4H2,1-3H3,(H,21,24). The molecule has 1 aromatic carbocycles. The lowest BCUT2D eigenvalue weighted by molar-refractivity contribution is 0.102. The number of hydrogen-bond acceptors (Lipinski definition) is 3. The highest BCUT2D eigenvalue weighted by atomic mass is 79.9. The van der Waals surface area contributed by atoms with Gasteiger partial charge in [0.2, 0.25) is 0 Å². The zero-order chi connectivity index (χ0) is 17.4. The van der Waals surface area contributed by atoms with Crippen molar-refractivity contribution in [3.63, 3.8) is 0 Å². The first-order valence-corrected chi connectivity index (χ1v) is 8.48. The van der Waals surface area contributed by atoms with Gasteiger partial charge in [0.1, 0.15) is 17.1 Å². The molecule has 24 heavy (non-hydrogen) atoms. The van der Waals surface area contributed by atoms with Crippen LogP contribution < -0.4 is 5.32 Å². The molecule has 0 aliphatic heterocycles. The quantitative estimate of drug-likeness (QED) is 0.660. The number of aryl methyl sites for hydroxylation is 3. The molecule has 124 valence electrons. The number of nitrogens with zero attached hydrogens (tertiary/aromatic N) is 2. The van der Waals surface area contributed by atoms with Gasteiger partial charge in [-0.2, -0.15) is 0 Å². The molecular weight excluding hydrogens is 370 g/mol. The molecule has 2 heterocycles. The number of hydrogen-bond donors (Lipinski definition) is 2. The van der Waals surface area contributed by atoms with Crippen molar-refractivity contribution in [2.75, 3.05) is 5.32 Å². The number of imidazole rings is 1. The van der Waals surface area contributed by atoms with Crippen molar-refractivity contribution in [1.29, 1.82) is 0 Å². The maximum Gasteiger partial charge on any atom is 0.274 e. The van der Waals surface area contributed by atoms with E-state index >= 15 is 0 Å². The Kier molecular flexibility index (Phi) is 4.32. The normalized spacial score (nSPS) is 11.0. The SMILES string of the molecule is CCc1nc2c(C)cc(Br)cn2c1C(=O)Nc1ccc(O)cc1C. The van der Waals surface area contributed by atoms with Crippen LogP contribution in [0.2, 0.25) is 0 Å². The number of phenols is 1. The topological polar surface area (TPSA) is 66.6 Å². The van der Waals surface area contributed by atoms with Crippen molar-refractivity contribution in [1.82, 2.24) is 9.38 Å². The van der Waals surface area contributed by atoms with E-state index in [0.717, 1.165) is 26.9 Å². The van der Waals surface area contributed by atoms with Crippen LogP contribution in [0, 0.1) is 13.8 Å². The Balaban J connectivity index is 2.09. The summed E-state index contributed by atoms with van der Waals surface area (Å²) in [4.78, 5) is 17.5. The lowest BCUT2D eigenvalue weighted by Gasteiger charge is -2.10. The van der Waals surface area contributed by atoms with Crippen LogP contribution in [0.25, 0.3) is 5.65 Å². The second kappa shape index (κ2) is 6.28. The van der Waals surface area contributed by atoms with Crippen LogP contribution >= 0.6 is 15.9 Å².